The van der Waals surface area contributed by atoms with E-state index in [1.807, 2.05) is 6.08 Å². The molecule has 0 aromatic rings. The van der Waals surface area contributed by atoms with E-state index in [-0.39, 0.29) is 32.0 Å². The summed E-state index contributed by atoms with van der Waals surface area (Å²) < 4.78 is 16.7. The third kappa shape index (κ3) is 56.6. The summed E-state index contributed by atoms with van der Waals surface area (Å²) in [5.41, 5.74) is 0. The van der Waals surface area contributed by atoms with Crippen molar-refractivity contribution in [1.29, 1.82) is 0 Å². The van der Waals surface area contributed by atoms with E-state index in [1.165, 1.54) is 116 Å². The van der Waals surface area contributed by atoms with Crippen LogP contribution in [0.4, 0.5) is 0 Å². The van der Waals surface area contributed by atoms with E-state index < -0.39 is 18.0 Å². The van der Waals surface area contributed by atoms with E-state index in [1.54, 1.807) is 6.08 Å². The molecule has 0 N–H and O–H groups in total. The number of allylic oxidation sites excluding steroid dienone is 19. The molecule has 0 saturated heterocycles. The quantitative estimate of drug-likeness (QED) is 0.0261. The molecule has 0 rings (SSSR count). The van der Waals surface area contributed by atoms with Gasteiger partial charge in [-0.3, -0.25) is 14.4 Å². The number of hydrogen-bond donors (Lipinski definition) is 0. The maximum atomic E-state index is 12.8. The van der Waals surface area contributed by atoms with Crippen LogP contribution in [0.15, 0.2) is 122 Å². The third-order valence-electron chi connectivity index (χ3n) is 12.0. The summed E-state index contributed by atoms with van der Waals surface area (Å²) in [5.74, 6) is -1.12. The molecular weight excluding hydrogens is 877 g/mol. The first kappa shape index (κ1) is 66.8. The number of carbonyl (C=O) groups is 3. The van der Waals surface area contributed by atoms with Gasteiger partial charge in [-0.25, -0.2) is 0 Å². The predicted molar refractivity (Wildman–Crippen MR) is 306 cm³/mol. The Morgan fingerprint density at radius 3 is 0.972 bits per heavy atom. The molecule has 0 aliphatic heterocycles. The highest BCUT2D eigenvalue weighted by Crippen LogP contribution is 2.16. The molecule has 0 bridgehead atoms. The van der Waals surface area contributed by atoms with Gasteiger partial charge in [-0.1, -0.05) is 271 Å². The molecule has 0 aliphatic carbocycles. The Hall–Kier alpha value is -4.19. The molecule has 0 fully saturated rings. The molecule has 0 spiro atoms. The summed E-state index contributed by atoms with van der Waals surface area (Å²) in [6.07, 6.45) is 80.9. The van der Waals surface area contributed by atoms with Crippen molar-refractivity contribution in [3.05, 3.63) is 122 Å². The summed E-state index contributed by atoms with van der Waals surface area (Å²) in [4.78, 5) is 38.1. The molecule has 6 heteroatoms. The summed E-state index contributed by atoms with van der Waals surface area (Å²) in [5, 5.41) is 0. The van der Waals surface area contributed by atoms with Crippen LogP contribution in [-0.2, 0) is 28.6 Å². The van der Waals surface area contributed by atoms with Crippen LogP contribution in [0, 0.1) is 0 Å². The van der Waals surface area contributed by atoms with E-state index in [4.69, 9.17) is 14.2 Å². The molecule has 0 heterocycles. The van der Waals surface area contributed by atoms with E-state index in [9.17, 15) is 14.4 Å². The molecule has 402 valence electrons. The average Bonchev–Trinajstić information content (AvgIpc) is 3.37. The standard InChI is InChI=1S/C65H106O6/c1-4-7-10-13-16-19-22-25-28-30-31-32-33-35-37-40-43-46-49-52-55-58-64(67)70-61-62(60-69-63(66)57-54-51-48-45-42-39-36-27-24-21-18-15-12-9-6-3)71-65(68)59-56-53-50-47-44-41-38-34-29-26-23-20-17-14-11-8-5-2/h8-9,11-12,17-18,20-21,26-27,29,36,38,41-42,45,47,50-51,54,62H,4-7,10,13-16,19,22-25,28,30-35,37,39-40,43-44,46,48-49,52-53,55-61H2,1-3H3/b11-8-,12-9-,20-17-,21-18-,29-26-,36-27-,41-38-,45-42-,50-47-,54-51-. The van der Waals surface area contributed by atoms with Crippen molar-refractivity contribution in [3.63, 3.8) is 0 Å². The zero-order valence-electron chi connectivity index (χ0n) is 45.9. The Bertz CT molecular complexity index is 1500. The van der Waals surface area contributed by atoms with Crippen molar-refractivity contribution < 1.29 is 28.6 Å². The van der Waals surface area contributed by atoms with Crippen molar-refractivity contribution in [1.82, 2.24) is 0 Å². The van der Waals surface area contributed by atoms with Crippen molar-refractivity contribution in [2.45, 2.75) is 258 Å². The zero-order valence-corrected chi connectivity index (χ0v) is 45.9. The first-order valence-corrected chi connectivity index (χ1v) is 29.0. The summed E-state index contributed by atoms with van der Waals surface area (Å²) in [7, 11) is 0. The van der Waals surface area contributed by atoms with Crippen LogP contribution in [0.25, 0.3) is 0 Å². The fourth-order valence-electron chi connectivity index (χ4n) is 7.73. The molecule has 0 radical (unpaired) electrons. The van der Waals surface area contributed by atoms with Crippen LogP contribution in [0.1, 0.15) is 252 Å². The molecule has 0 saturated carbocycles. The normalized spacial score (nSPS) is 13.0. The molecule has 1 unspecified atom stereocenters. The number of esters is 3. The van der Waals surface area contributed by atoms with Crippen molar-refractivity contribution in [2.24, 2.45) is 0 Å². The van der Waals surface area contributed by atoms with Crippen LogP contribution < -0.4 is 0 Å². The Morgan fingerprint density at radius 1 is 0.310 bits per heavy atom. The van der Waals surface area contributed by atoms with Gasteiger partial charge in [0.05, 0.1) is 6.42 Å². The smallest absolute Gasteiger partial charge is 0.309 e. The monoisotopic (exact) mass is 983 g/mol. The molecule has 71 heavy (non-hydrogen) atoms. The lowest BCUT2D eigenvalue weighted by molar-refractivity contribution is -0.166. The maximum absolute atomic E-state index is 12.8. The van der Waals surface area contributed by atoms with Crippen LogP contribution in [0.5, 0.6) is 0 Å². The molecule has 0 aliphatic rings. The van der Waals surface area contributed by atoms with Crippen molar-refractivity contribution in [2.75, 3.05) is 13.2 Å². The van der Waals surface area contributed by atoms with Crippen LogP contribution in [0.3, 0.4) is 0 Å². The first-order chi connectivity index (χ1) is 35.0. The van der Waals surface area contributed by atoms with Crippen molar-refractivity contribution >= 4 is 17.9 Å². The molecule has 1 atom stereocenters. The SMILES string of the molecule is CC/C=C\C/C=C\C/C=C\C/C=C\C/C=C\CCCC(=O)OC(COC(=O)C/C=C\C/C=C\C/C=C\C/C=C\C/C=C\CC)COC(=O)CCCCCCCCCCCCCCCCCCCCCCC. The van der Waals surface area contributed by atoms with Gasteiger partial charge in [0.2, 0.25) is 0 Å². The van der Waals surface area contributed by atoms with E-state index in [0.29, 0.717) is 12.8 Å². The predicted octanol–water partition coefficient (Wildman–Crippen LogP) is 19.6. The number of unbranched alkanes of at least 4 members (excludes halogenated alkanes) is 21. The molecule has 0 amide bonds. The van der Waals surface area contributed by atoms with Crippen LogP contribution >= 0.6 is 0 Å². The minimum atomic E-state index is -0.850. The summed E-state index contributed by atoms with van der Waals surface area (Å²) >= 11 is 0. The molecule has 6 nitrogen and oxygen atoms in total. The van der Waals surface area contributed by atoms with E-state index in [0.717, 1.165) is 89.9 Å². The van der Waals surface area contributed by atoms with Gasteiger partial charge in [-0.05, 0) is 83.5 Å². The second-order valence-electron chi connectivity index (χ2n) is 18.8. The topological polar surface area (TPSA) is 78.9 Å². The summed E-state index contributed by atoms with van der Waals surface area (Å²) in [6, 6.07) is 0. The van der Waals surface area contributed by atoms with Gasteiger partial charge in [0, 0.05) is 12.8 Å². The number of hydrogen-bond acceptors (Lipinski definition) is 6. The van der Waals surface area contributed by atoms with Crippen LogP contribution in [0.2, 0.25) is 0 Å². The number of ether oxygens (including phenoxy) is 3. The lowest BCUT2D eigenvalue weighted by Gasteiger charge is -2.18. The Labute approximate surface area is 437 Å². The fraction of sp³-hybridized carbons (Fsp3) is 0.646. The van der Waals surface area contributed by atoms with Gasteiger partial charge in [0.15, 0.2) is 6.10 Å². The highest BCUT2D eigenvalue weighted by molar-refractivity contribution is 5.72. The lowest BCUT2D eigenvalue weighted by Crippen LogP contribution is -2.30. The van der Waals surface area contributed by atoms with Crippen molar-refractivity contribution in [3.8, 4) is 0 Å². The second kappa shape index (κ2) is 58.4. The van der Waals surface area contributed by atoms with Gasteiger partial charge in [-0.2, -0.15) is 0 Å². The summed E-state index contributed by atoms with van der Waals surface area (Å²) in [6.45, 7) is 6.29. The Morgan fingerprint density at radius 2 is 0.606 bits per heavy atom. The minimum absolute atomic E-state index is 0.112. The lowest BCUT2D eigenvalue weighted by atomic mass is 10.0. The number of carbonyl (C=O) groups excluding carboxylic acids is 3. The number of rotatable bonds is 51. The Balaban J connectivity index is 4.52. The highest BCUT2D eigenvalue weighted by atomic mass is 16.6. The average molecular weight is 984 g/mol. The fourth-order valence-corrected chi connectivity index (χ4v) is 7.73. The van der Waals surface area contributed by atoms with Gasteiger partial charge < -0.3 is 14.2 Å². The van der Waals surface area contributed by atoms with E-state index in [2.05, 4.69) is 130 Å². The Kier molecular flexibility index (Phi) is 54.9. The van der Waals surface area contributed by atoms with Gasteiger partial charge in [-0.15, -0.1) is 0 Å². The largest absolute Gasteiger partial charge is 0.462 e. The highest BCUT2D eigenvalue weighted by Gasteiger charge is 2.19. The van der Waals surface area contributed by atoms with Crippen LogP contribution in [-0.4, -0.2) is 37.2 Å². The second-order valence-corrected chi connectivity index (χ2v) is 18.8. The maximum Gasteiger partial charge on any atom is 0.309 e. The zero-order chi connectivity index (χ0) is 51.4. The van der Waals surface area contributed by atoms with E-state index >= 15 is 0 Å². The molecular formula is C65H106O6. The first-order valence-electron chi connectivity index (χ1n) is 29.0. The molecule has 0 aromatic heterocycles. The van der Waals surface area contributed by atoms with Gasteiger partial charge >= 0.3 is 17.9 Å². The minimum Gasteiger partial charge on any atom is -0.462 e. The van der Waals surface area contributed by atoms with Gasteiger partial charge in [0.25, 0.3) is 0 Å². The third-order valence-corrected chi connectivity index (χ3v) is 12.0. The molecule has 0 aromatic carbocycles. The van der Waals surface area contributed by atoms with Gasteiger partial charge in [0.1, 0.15) is 13.2 Å².